The highest BCUT2D eigenvalue weighted by atomic mass is 15.0. The zero-order chi connectivity index (χ0) is 10.8. The quantitative estimate of drug-likeness (QED) is 0.728. The lowest BCUT2D eigenvalue weighted by atomic mass is 9.98. The predicted octanol–water partition coefficient (Wildman–Crippen LogP) is 3.11. The summed E-state index contributed by atoms with van der Waals surface area (Å²) in [6.45, 7) is 6.53. The lowest BCUT2D eigenvalue weighted by molar-refractivity contribution is 0.634. The van der Waals surface area contributed by atoms with E-state index in [2.05, 4.69) is 48.5 Å². The molecule has 0 saturated heterocycles. The van der Waals surface area contributed by atoms with Gasteiger partial charge in [0.2, 0.25) is 0 Å². The highest BCUT2D eigenvalue weighted by Gasteiger charge is 2.10. The maximum Gasteiger partial charge on any atom is 0.0951 e. The van der Waals surface area contributed by atoms with Gasteiger partial charge in [0.1, 0.15) is 0 Å². The Hall–Kier alpha value is -1.57. The summed E-state index contributed by atoms with van der Waals surface area (Å²) < 4.78 is 2.13. The second-order valence-corrected chi connectivity index (χ2v) is 3.98. The second kappa shape index (κ2) is 3.89. The second-order valence-electron chi connectivity index (χ2n) is 3.98. The first kappa shape index (κ1) is 9.97. The van der Waals surface area contributed by atoms with Crippen molar-refractivity contribution in [3.8, 4) is 0 Å². The number of hydrogen-bond acceptors (Lipinski definition) is 1. The molecule has 1 unspecified atom stereocenters. The molecule has 2 heteroatoms. The van der Waals surface area contributed by atoms with Crippen LogP contribution >= 0.6 is 0 Å². The minimum absolute atomic E-state index is 0.354. The Balaban J connectivity index is 2.42. The number of imidazole rings is 1. The molecule has 2 rings (SSSR count). The molecule has 1 atom stereocenters. The van der Waals surface area contributed by atoms with Gasteiger partial charge in [-0.3, -0.25) is 0 Å². The molecule has 0 aliphatic rings. The average Bonchev–Trinajstić information content (AvgIpc) is 2.74. The summed E-state index contributed by atoms with van der Waals surface area (Å²) in [5.74, 6) is 0. The molecule has 0 bridgehead atoms. The van der Waals surface area contributed by atoms with Crippen LogP contribution in [0.2, 0.25) is 0 Å². The van der Waals surface area contributed by atoms with Crippen molar-refractivity contribution in [2.75, 3.05) is 0 Å². The zero-order valence-electron chi connectivity index (χ0n) is 9.44. The van der Waals surface area contributed by atoms with Crippen LogP contribution in [0, 0.1) is 13.8 Å². The molecule has 15 heavy (non-hydrogen) atoms. The first-order chi connectivity index (χ1) is 7.20. The Morgan fingerprint density at radius 2 is 2.07 bits per heavy atom. The van der Waals surface area contributed by atoms with Crippen LogP contribution in [0.4, 0.5) is 0 Å². The molecule has 1 aromatic carbocycles. The standard InChI is InChI=1S/C13H16N2/c1-10-5-4-6-13(11(10)2)12(3)15-8-7-14-9-15/h4-9,12H,1-3H3. The third kappa shape index (κ3) is 1.80. The Morgan fingerprint density at radius 3 is 2.73 bits per heavy atom. The van der Waals surface area contributed by atoms with Gasteiger partial charge in [-0.25, -0.2) is 4.98 Å². The van der Waals surface area contributed by atoms with Crippen LogP contribution in [0.15, 0.2) is 36.9 Å². The molecule has 1 aromatic heterocycles. The van der Waals surface area contributed by atoms with Crippen molar-refractivity contribution in [1.29, 1.82) is 0 Å². The van der Waals surface area contributed by atoms with Gasteiger partial charge in [-0.2, -0.15) is 0 Å². The molecule has 0 N–H and O–H groups in total. The lowest BCUT2D eigenvalue weighted by Crippen LogP contribution is -2.06. The van der Waals surface area contributed by atoms with Gasteiger partial charge in [-0.05, 0) is 37.5 Å². The molecule has 1 heterocycles. The molecule has 0 radical (unpaired) electrons. The Labute approximate surface area is 90.6 Å². The molecule has 0 saturated carbocycles. The van der Waals surface area contributed by atoms with Crippen LogP contribution in [-0.4, -0.2) is 9.55 Å². The van der Waals surface area contributed by atoms with Gasteiger partial charge in [-0.1, -0.05) is 18.2 Å². The van der Waals surface area contributed by atoms with E-state index >= 15 is 0 Å². The molecule has 0 aliphatic carbocycles. The van der Waals surface area contributed by atoms with Gasteiger partial charge in [0.15, 0.2) is 0 Å². The predicted molar refractivity (Wildman–Crippen MR) is 62.0 cm³/mol. The van der Waals surface area contributed by atoms with Crippen molar-refractivity contribution in [1.82, 2.24) is 9.55 Å². The van der Waals surface area contributed by atoms with Crippen molar-refractivity contribution in [3.05, 3.63) is 53.6 Å². The third-order valence-corrected chi connectivity index (χ3v) is 3.07. The van der Waals surface area contributed by atoms with E-state index in [1.165, 1.54) is 16.7 Å². The highest BCUT2D eigenvalue weighted by molar-refractivity contribution is 5.35. The van der Waals surface area contributed by atoms with E-state index in [-0.39, 0.29) is 0 Å². The van der Waals surface area contributed by atoms with E-state index in [1.807, 2.05) is 18.7 Å². The number of aromatic nitrogens is 2. The van der Waals surface area contributed by atoms with Crippen LogP contribution in [0.3, 0.4) is 0 Å². The Kier molecular flexibility index (Phi) is 2.58. The summed E-state index contributed by atoms with van der Waals surface area (Å²) in [6, 6.07) is 6.81. The van der Waals surface area contributed by atoms with Crippen molar-refractivity contribution < 1.29 is 0 Å². The minimum Gasteiger partial charge on any atom is -0.330 e. The number of rotatable bonds is 2. The molecule has 2 nitrogen and oxygen atoms in total. The van der Waals surface area contributed by atoms with E-state index in [4.69, 9.17) is 0 Å². The van der Waals surface area contributed by atoms with Gasteiger partial charge in [0, 0.05) is 12.4 Å². The zero-order valence-corrected chi connectivity index (χ0v) is 9.44. The molecule has 0 aliphatic heterocycles. The summed E-state index contributed by atoms with van der Waals surface area (Å²) in [5.41, 5.74) is 4.09. The average molecular weight is 200 g/mol. The van der Waals surface area contributed by atoms with Crippen LogP contribution in [0.25, 0.3) is 0 Å². The fourth-order valence-corrected chi connectivity index (χ4v) is 1.89. The number of aryl methyl sites for hydroxylation is 1. The Morgan fingerprint density at radius 1 is 1.27 bits per heavy atom. The molecule has 0 spiro atoms. The van der Waals surface area contributed by atoms with Crippen molar-refractivity contribution in [3.63, 3.8) is 0 Å². The van der Waals surface area contributed by atoms with Crippen LogP contribution in [0.1, 0.15) is 29.7 Å². The topological polar surface area (TPSA) is 17.8 Å². The smallest absolute Gasteiger partial charge is 0.0951 e. The van der Waals surface area contributed by atoms with Gasteiger partial charge < -0.3 is 4.57 Å². The maximum absolute atomic E-state index is 4.08. The molecule has 2 aromatic rings. The van der Waals surface area contributed by atoms with Crippen LogP contribution < -0.4 is 0 Å². The fourth-order valence-electron chi connectivity index (χ4n) is 1.89. The van der Waals surface area contributed by atoms with Crippen molar-refractivity contribution >= 4 is 0 Å². The van der Waals surface area contributed by atoms with Crippen LogP contribution in [-0.2, 0) is 0 Å². The normalized spacial score (nSPS) is 12.7. The first-order valence-electron chi connectivity index (χ1n) is 5.23. The van der Waals surface area contributed by atoms with Crippen molar-refractivity contribution in [2.24, 2.45) is 0 Å². The third-order valence-electron chi connectivity index (χ3n) is 3.07. The van der Waals surface area contributed by atoms with Gasteiger partial charge >= 0.3 is 0 Å². The summed E-state index contributed by atoms with van der Waals surface area (Å²) >= 11 is 0. The maximum atomic E-state index is 4.08. The van der Waals surface area contributed by atoms with Crippen molar-refractivity contribution in [2.45, 2.75) is 26.8 Å². The van der Waals surface area contributed by atoms with Gasteiger partial charge in [0.05, 0.1) is 12.4 Å². The van der Waals surface area contributed by atoms with E-state index in [0.717, 1.165) is 0 Å². The Bertz CT molecular complexity index is 444. The molecule has 0 fully saturated rings. The molecule has 0 amide bonds. The monoisotopic (exact) mass is 200 g/mol. The largest absolute Gasteiger partial charge is 0.330 e. The highest BCUT2D eigenvalue weighted by Crippen LogP contribution is 2.23. The molecular formula is C13H16N2. The summed E-state index contributed by atoms with van der Waals surface area (Å²) in [6.07, 6.45) is 5.69. The lowest BCUT2D eigenvalue weighted by Gasteiger charge is -2.17. The SMILES string of the molecule is Cc1cccc(C(C)n2ccnc2)c1C. The van der Waals surface area contributed by atoms with Crippen LogP contribution in [0.5, 0.6) is 0 Å². The number of hydrogen-bond donors (Lipinski definition) is 0. The summed E-state index contributed by atoms with van der Waals surface area (Å²) in [7, 11) is 0. The van der Waals surface area contributed by atoms with E-state index in [1.54, 1.807) is 0 Å². The number of nitrogens with zero attached hydrogens (tertiary/aromatic N) is 2. The summed E-state index contributed by atoms with van der Waals surface area (Å²) in [5, 5.41) is 0. The number of benzene rings is 1. The molecule has 78 valence electrons. The van der Waals surface area contributed by atoms with E-state index < -0.39 is 0 Å². The summed E-state index contributed by atoms with van der Waals surface area (Å²) in [4.78, 5) is 4.08. The minimum atomic E-state index is 0.354. The van der Waals surface area contributed by atoms with E-state index in [0.29, 0.717) is 6.04 Å². The van der Waals surface area contributed by atoms with E-state index in [9.17, 15) is 0 Å². The first-order valence-corrected chi connectivity index (χ1v) is 5.23. The fraction of sp³-hybridized carbons (Fsp3) is 0.308. The van der Waals surface area contributed by atoms with Gasteiger partial charge in [0.25, 0.3) is 0 Å². The van der Waals surface area contributed by atoms with Gasteiger partial charge in [-0.15, -0.1) is 0 Å². The molecular weight excluding hydrogens is 184 g/mol.